The molecule has 18 heavy (non-hydrogen) atoms. The molecule has 92 valence electrons. The van der Waals surface area contributed by atoms with Crippen LogP contribution in [0.25, 0.3) is 0 Å². The van der Waals surface area contributed by atoms with Gasteiger partial charge in [-0.1, -0.05) is 35.9 Å². The average molecular weight is 262 g/mol. The van der Waals surface area contributed by atoms with E-state index in [1.165, 1.54) is 0 Å². The number of aromatic carboxylic acids is 1. The second-order valence-corrected chi connectivity index (χ2v) is 4.29. The topological polar surface area (TPSA) is 49.3 Å². The third-order valence-electron chi connectivity index (χ3n) is 2.62. The van der Waals surface area contributed by atoms with Gasteiger partial charge in [0.15, 0.2) is 0 Å². The molecule has 3 nitrogen and oxygen atoms in total. The molecule has 0 saturated carbocycles. The number of carboxylic acid groups (broad SMARTS) is 1. The summed E-state index contributed by atoms with van der Waals surface area (Å²) in [5, 5.41) is 12.7. The summed E-state index contributed by atoms with van der Waals surface area (Å²) in [5.41, 5.74) is 2.38. The highest BCUT2D eigenvalue weighted by Gasteiger charge is 2.10. The lowest BCUT2D eigenvalue weighted by atomic mass is 10.1. The zero-order valence-corrected chi connectivity index (χ0v) is 10.5. The van der Waals surface area contributed by atoms with E-state index < -0.39 is 5.97 Å². The van der Waals surface area contributed by atoms with Gasteiger partial charge in [-0.25, -0.2) is 4.79 Å². The number of benzene rings is 2. The number of anilines is 2. The van der Waals surface area contributed by atoms with Gasteiger partial charge in [0.1, 0.15) is 0 Å². The first kappa shape index (κ1) is 12.5. The lowest BCUT2D eigenvalue weighted by molar-refractivity contribution is 0.0698. The molecule has 2 aromatic carbocycles. The second kappa shape index (κ2) is 5.10. The molecule has 2 rings (SSSR count). The fourth-order valence-electron chi connectivity index (χ4n) is 1.67. The molecule has 0 aliphatic carbocycles. The van der Waals surface area contributed by atoms with Crippen molar-refractivity contribution in [3.63, 3.8) is 0 Å². The fraction of sp³-hybridized carbons (Fsp3) is 0.0714. The van der Waals surface area contributed by atoms with Gasteiger partial charge in [0.05, 0.1) is 22.0 Å². The van der Waals surface area contributed by atoms with Crippen LogP contribution in [0.3, 0.4) is 0 Å². The first-order chi connectivity index (χ1) is 8.59. The van der Waals surface area contributed by atoms with Crippen molar-refractivity contribution in [3.05, 3.63) is 58.6 Å². The number of aryl methyl sites for hydroxylation is 1. The fourth-order valence-corrected chi connectivity index (χ4v) is 1.84. The summed E-state index contributed by atoms with van der Waals surface area (Å²) in [4.78, 5) is 11.1. The molecular weight excluding hydrogens is 250 g/mol. The number of nitrogens with one attached hydrogen (secondary N) is 1. The minimum atomic E-state index is -0.970. The van der Waals surface area contributed by atoms with E-state index in [9.17, 15) is 4.79 Å². The maximum Gasteiger partial charge on any atom is 0.337 e. The highest BCUT2D eigenvalue weighted by Crippen LogP contribution is 2.29. The van der Waals surface area contributed by atoms with Crippen LogP contribution in [0.4, 0.5) is 11.4 Å². The second-order valence-electron chi connectivity index (χ2n) is 3.91. The van der Waals surface area contributed by atoms with Crippen molar-refractivity contribution in [2.24, 2.45) is 0 Å². The van der Waals surface area contributed by atoms with E-state index in [4.69, 9.17) is 16.7 Å². The highest BCUT2D eigenvalue weighted by molar-refractivity contribution is 6.34. The Morgan fingerprint density at radius 1 is 1.11 bits per heavy atom. The maximum atomic E-state index is 11.1. The Kier molecular flexibility index (Phi) is 3.53. The standard InChI is InChI=1S/C14H12ClNO2/c1-9-5-4-8-12(13(9)15)16-11-7-3-2-6-10(11)14(17)18/h2-8,16H,1H3,(H,17,18). The highest BCUT2D eigenvalue weighted by atomic mass is 35.5. The van der Waals surface area contributed by atoms with E-state index in [0.29, 0.717) is 16.4 Å². The third kappa shape index (κ3) is 2.46. The molecule has 2 N–H and O–H groups in total. The number of hydrogen-bond donors (Lipinski definition) is 2. The normalized spacial score (nSPS) is 10.1. The van der Waals surface area contributed by atoms with Crippen LogP contribution in [-0.4, -0.2) is 11.1 Å². The summed E-state index contributed by atoms with van der Waals surface area (Å²) in [7, 11) is 0. The van der Waals surface area contributed by atoms with Crippen molar-refractivity contribution in [2.75, 3.05) is 5.32 Å². The van der Waals surface area contributed by atoms with Gasteiger partial charge in [-0.05, 0) is 30.7 Å². The Bertz CT molecular complexity index is 596. The van der Waals surface area contributed by atoms with Gasteiger partial charge < -0.3 is 10.4 Å². The van der Waals surface area contributed by atoms with Gasteiger partial charge in [-0.15, -0.1) is 0 Å². The Morgan fingerprint density at radius 3 is 2.50 bits per heavy atom. The lowest BCUT2D eigenvalue weighted by Crippen LogP contribution is -2.02. The van der Waals surface area contributed by atoms with Crippen molar-refractivity contribution < 1.29 is 9.90 Å². The number of carbonyl (C=O) groups is 1. The molecule has 2 aromatic rings. The zero-order chi connectivity index (χ0) is 13.1. The average Bonchev–Trinajstić information content (AvgIpc) is 2.35. The number of halogens is 1. The lowest BCUT2D eigenvalue weighted by Gasteiger charge is -2.12. The smallest absolute Gasteiger partial charge is 0.337 e. The van der Waals surface area contributed by atoms with E-state index in [-0.39, 0.29) is 5.56 Å². The van der Waals surface area contributed by atoms with Crippen LogP contribution in [0.1, 0.15) is 15.9 Å². The Morgan fingerprint density at radius 2 is 1.78 bits per heavy atom. The summed E-state index contributed by atoms with van der Waals surface area (Å²) >= 11 is 6.17. The summed E-state index contributed by atoms with van der Waals surface area (Å²) in [6, 6.07) is 12.3. The Labute approximate surface area is 110 Å². The molecule has 0 aliphatic rings. The van der Waals surface area contributed by atoms with E-state index in [1.807, 2.05) is 25.1 Å². The van der Waals surface area contributed by atoms with E-state index in [1.54, 1.807) is 24.3 Å². The van der Waals surface area contributed by atoms with E-state index >= 15 is 0 Å². The summed E-state index contributed by atoms with van der Waals surface area (Å²) < 4.78 is 0. The van der Waals surface area contributed by atoms with Crippen molar-refractivity contribution in [1.29, 1.82) is 0 Å². The van der Waals surface area contributed by atoms with Crippen molar-refractivity contribution in [3.8, 4) is 0 Å². The molecule has 0 unspecified atom stereocenters. The van der Waals surface area contributed by atoms with Gasteiger partial charge in [0.2, 0.25) is 0 Å². The molecule has 0 aliphatic heterocycles. The minimum absolute atomic E-state index is 0.218. The number of rotatable bonds is 3. The Hall–Kier alpha value is -2.00. The van der Waals surface area contributed by atoms with Crippen LogP contribution < -0.4 is 5.32 Å². The quantitative estimate of drug-likeness (QED) is 0.875. The maximum absolute atomic E-state index is 11.1. The van der Waals surface area contributed by atoms with Crippen LogP contribution in [0.15, 0.2) is 42.5 Å². The van der Waals surface area contributed by atoms with Gasteiger partial charge in [0.25, 0.3) is 0 Å². The molecule has 0 heterocycles. The minimum Gasteiger partial charge on any atom is -0.478 e. The molecular formula is C14H12ClNO2. The van der Waals surface area contributed by atoms with Crippen LogP contribution in [0.5, 0.6) is 0 Å². The Balaban J connectivity index is 2.40. The van der Waals surface area contributed by atoms with Crippen LogP contribution in [-0.2, 0) is 0 Å². The SMILES string of the molecule is Cc1cccc(Nc2ccccc2C(=O)O)c1Cl. The predicted octanol–water partition coefficient (Wildman–Crippen LogP) is 4.09. The van der Waals surface area contributed by atoms with Crippen LogP contribution in [0.2, 0.25) is 5.02 Å². The first-order valence-electron chi connectivity index (χ1n) is 5.44. The van der Waals surface area contributed by atoms with Crippen LogP contribution >= 0.6 is 11.6 Å². The molecule has 0 spiro atoms. The van der Waals surface area contributed by atoms with Gasteiger partial charge in [0, 0.05) is 0 Å². The van der Waals surface area contributed by atoms with Crippen molar-refractivity contribution in [1.82, 2.24) is 0 Å². The summed E-state index contributed by atoms with van der Waals surface area (Å²) in [6.07, 6.45) is 0. The van der Waals surface area contributed by atoms with Crippen LogP contribution in [0, 0.1) is 6.92 Å². The summed E-state index contributed by atoms with van der Waals surface area (Å²) in [6.45, 7) is 1.90. The molecule has 0 radical (unpaired) electrons. The monoisotopic (exact) mass is 261 g/mol. The molecule has 4 heteroatoms. The molecule has 0 amide bonds. The van der Waals surface area contributed by atoms with Gasteiger partial charge in [-0.2, -0.15) is 0 Å². The molecule has 0 bridgehead atoms. The molecule has 0 atom stereocenters. The third-order valence-corrected chi connectivity index (χ3v) is 3.12. The molecule has 0 fully saturated rings. The molecule has 0 aromatic heterocycles. The number of para-hydroxylation sites is 1. The zero-order valence-electron chi connectivity index (χ0n) is 9.77. The van der Waals surface area contributed by atoms with E-state index in [0.717, 1.165) is 5.56 Å². The predicted molar refractivity (Wildman–Crippen MR) is 72.9 cm³/mol. The summed E-state index contributed by atoms with van der Waals surface area (Å²) in [5.74, 6) is -0.970. The largest absolute Gasteiger partial charge is 0.478 e. The van der Waals surface area contributed by atoms with Crippen molar-refractivity contribution in [2.45, 2.75) is 6.92 Å². The number of carboxylic acids is 1. The van der Waals surface area contributed by atoms with Gasteiger partial charge in [-0.3, -0.25) is 0 Å². The van der Waals surface area contributed by atoms with Gasteiger partial charge >= 0.3 is 5.97 Å². The van der Waals surface area contributed by atoms with E-state index in [2.05, 4.69) is 5.32 Å². The van der Waals surface area contributed by atoms with Crippen molar-refractivity contribution >= 4 is 28.9 Å². The number of hydrogen-bond acceptors (Lipinski definition) is 2. The first-order valence-corrected chi connectivity index (χ1v) is 5.82. The molecule has 0 saturated heterocycles.